The number of nitrogens with zero attached hydrogens (tertiary/aromatic N) is 3. The van der Waals surface area contributed by atoms with Crippen LogP contribution in [0.4, 0.5) is 39.5 Å². The fourth-order valence-electron chi connectivity index (χ4n) is 5.30. The first-order valence-electron chi connectivity index (χ1n) is 12.4. The molecule has 2 amide bonds. The normalized spacial score (nSPS) is 21.2. The first-order valence-corrected chi connectivity index (χ1v) is 12.8. The molecule has 2 aromatic carbocycles. The molecule has 2 atom stereocenters. The summed E-state index contributed by atoms with van der Waals surface area (Å²) in [6.45, 7) is -0.262. The van der Waals surface area contributed by atoms with Gasteiger partial charge in [-0.1, -0.05) is 23.7 Å². The molecule has 4 rings (SSSR count). The van der Waals surface area contributed by atoms with Crippen molar-refractivity contribution in [2.75, 3.05) is 39.3 Å². The van der Waals surface area contributed by atoms with Gasteiger partial charge < -0.3 is 9.80 Å². The third-order valence-corrected chi connectivity index (χ3v) is 7.56. The minimum atomic E-state index is -5.12. The van der Waals surface area contributed by atoms with Crippen LogP contribution in [0, 0.1) is 0 Å². The molecule has 2 aromatic rings. The number of piperazine rings is 1. The summed E-state index contributed by atoms with van der Waals surface area (Å²) in [5.74, 6) is -3.45. The first-order chi connectivity index (χ1) is 18.9. The third kappa shape index (κ3) is 7.08. The molecule has 0 saturated carbocycles. The van der Waals surface area contributed by atoms with Gasteiger partial charge in [-0.05, 0) is 42.3 Å². The van der Waals surface area contributed by atoms with Crippen molar-refractivity contribution in [2.45, 2.75) is 36.9 Å². The molecule has 0 aliphatic carbocycles. The van der Waals surface area contributed by atoms with Crippen molar-refractivity contribution in [3.8, 4) is 0 Å². The lowest BCUT2D eigenvalue weighted by Gasteiger charge is -2.47. The molecule has 2 heterocycles. The average Bonchev–Trinajstić information content (AvgIpc) is 2.91. The van der Waals surface area contributed by atoms with Crippen molar-refractivity contribution in [1.29, 1.82) is 0 Å². The fourth-order valence-corrected chi connectivity index (χ4v) is 5.42. The van der Waals surface area contributed by atoms with Gasteiger partial charge >= 0.3 is 24.4 Å². The lowest BCUT2D eigenvalue weighted by molar-refractivity contribution is -0.187. The number of carbonyl (C=O) groups is 2. The molecule has 0 aromatic heterocycles. The largest absolute Gasteiger partial charge is 0.471 e. The first kappa shape index (κ1) is 30.9. The predicted molar refractivity (Wildman–Crippen MR) is 129 cm³/mol. The number of carbonyl (C=O) groups excluding carboxylic acids is 2. The van der Waals surface area contributed by atoms with E-state index in [1.54, 1.807) is 24.3 Å². The van der Waals surface area contributed by atoms with E-state index in [1.165, 1.54) is 4.90 Å². The van der Waals surface area contributed by atoms with Crippen molar-refractivity contribution >= 4 is 23.4 Å². The lowest BCUT2D eigenvalue weighted by atomic mass is 9.84. The zero-order chi connectivity index (χ0) is 30.3. The second kappa shape index (κ2) is 11.3. The number of piperidine rings is 1. The highest BCUT2D eigenvalue weighted by molar-refractivity contribution is 6.30. The van der Waals surface area contributed by atoms with Crippen LogP contribution in [0.5, 0.6) is 0 Å². The molecule has 0 unspecified atom stereocenters. The molecule has 15 heteroatoms. The Labute approximate surface area is 233 Å². The van der Waals surface area contributed by atoms with Gasteiger partial charge in [-0.15, -0.1) is 0 Å². The Kier molecular flexibility index (Phi) is 8.57. The van der Waals surface area contributed by atoms with Crippen molar-refractivity contribution in [2.24, 2.45) is 0 Å². The summed E-state index contributed by atoms with van der Waals surface area (Å²) in [5, 5.41) is 0.400. The van der Waals surface area contributed by atoms with Gasteiger partial charge in [0.1, 0.15) is 0 Å². The number of alkyl halides is 9. The summed E-state index contributed by atoms with van der Waals surface area (Å²) in [6.07, 6.45) is -15.0. The Bertz CT molecular complexity index is 1240. The van der Waals surface area contributed by atoms with E-state index < -0.39 is 53.0 Å². The van der Waals surface area contributed by atoms with Gasteiger partial charge in [0.05, 0.1) is 11.1 Å². The molecular formula is C26H23ClF9N3O2. The third-order valence-electron chi connectivity index (χ3n) is 7.31. The predicted octanol–water partition coefficient (Wildman–Crippen LogP) is 6.08. The zero-order valence-corrected chi connectivity index (χ0v) is 21.8. The Morgan fingerprint density at radius 2 is 1.27 bits per heavy atom. The Hall–Kier alpha value is -3.00. The molecule has 0 radical (unpaired) electrons. The summed E-state index contributed by atoms with van der Waals surface area (Å²) in [5.41, 5.74) is -3.30. The van der Waals surface area contributed by atoms with Crippen molar-refractivity contribution < 1.29 is 49.1 Å². The number of likely N-dealkylation sites (tertiary alicyclic amines) is 1. The van der Waals surface area contributed by atoms with E-state index in [4.69, 9.17) is 11.6 Å². The summed E-state index contributed by atoms with van der Waals surface area (Å²) in [6, 6.07) is 6.88. The Morgan fingerprint density at radius 3 is 1.76 bits per heavy atom. The van der Waals surface area contributed by atoms with Gasteiger partial charge in [-0.2, -0.15) is 39.5 Å². The highest BCUT2D eigenvalue weighted by Gasteiger charge is 2.45. The summed E-state index contributed by atoms with van der Waals surface area (Å²) < 4.78 is 119. The Morgan fingerprint density at radius 1 is 0.732 bits per heavy atom. The molecule has 2 aliphatic heterocycles. The van der Waals surface area contributed by atoms with E-state index >= 15 is 0 Å². The van der Waals surface area contributed by atoms with Crippen LogP contribution < -0.4 is 0 Å². The van der Waals surface area contributed by atoms with E-state index in [-0.39, 0.29) is 57.8 Å². The van der Waals surface area contributed by atoms with Crippen molar-refractivity contribution in [1.82, 2.24) is 14.7 Å². The molecule has 0 spiro atoms. The molecule has 2 aliphatic rings. The number of hydrogen-bond acceptors (Lipinski definition) is 3. The maximum atomic E-state index is 13.4. The minimum Gasteiger partial charge on any atom is -0.338 e. The van der Waals surface area contributed by atoms with Crippen LogP contribution in [0.1, 0.15) is 39.4 Å². The zero-order valence-electron chi connectivity index (χ0n) is 21.1. The number of amides is 2. The fraction of sp³-hybridized carbons (Fsp3) is 0.462. The Balaban J connectivity index is 1.59. The van der Waals surface area contributed by atoms with Gasteiger partial charge in [0.25, 0.3) is 5.91 Å². The standard InChI is InChI=1S/C26H23ClF9N3O2/c27-19-3-1-15(2-4-19)20-14-39(6-5-21(20)37-7-9-38(10-8-37)23(41)26(34,35)36)22(40)16-11-17(24(28,29)30)13-18(12-16)25(31,32)33/h1-4,11-13,20-21H,5-10,14H2/t20-,21-/m1/s1. The molecule has 41 heavy (non-hydrogen) atoms. The van der Waals surface area contributed by atoms with Gasteiger partial charge in [-0.25, -0.2) is 0 Å². The quantitative estimate of drug-likeness (QED) is 0.393. The summed E-state index contributed by atoms with van der Waals surface area (Å²) >= 11 is 5.99. The van der Waals surface area contributed by atoms with Crippen LogP contribution in [0.3, 0.4) is 0 Å². The highest BCUT2D eigenvalue weighted by atomic mass is 35.5. The molecule has 0 N–H and O–H groups in total. The second-order valence-corrected chi connectivity index (χ2v) is 10.3. The monoisotopic (exact) mass is 615 g/mol. The molecule has 2 saturated heterocycles. The average molecular weight is 616 g/mol. The van der Waals surface area contributed by atoms with E-state index in [9.17, 15) is 49.1 Å². The van der Waals surface area contributed by atoms with Crippen LogP contribution in [0.25, 0.3) is 0 Å². The van der Waals surface area contributed by atoms with Crippen LogP contribution in [-0.4, -0.2) is 78.0 Å². The number of halogens is 10. The van der Waals surface area contributed by atoms with Crippen LogP contribution in [-0.2, 0) is 17.1 Å². The summed E-state index contributed by atoms with van der Waals surface area (Å²) in [7, 11) is 0. The van der Waals surface area contributed by atoms with E-state index in [2.05, 4.69) is 0 Å². The van der Waals surface area contributed by atoms with Gasteiger partial charge in [0, 0.05) is 61.8 Å². The topological polar surface area (TPSA) is 43.9 Å². The SMILES string of the molecule is O=C(c1cc(C(F)(F)F)cc(C(F)(F)F)c1)N1CC[C@@H](N2CCN(C(=O)C(F)(F)F)CC2)[C@@H](c2ccc(Cl)cc2)C1. The van der Waals surface area contributed by atoms with Gasteiger partial charge in [0.15, 0.2) is 0 Å². The van der Waals surface area contributed by atoms with Crippen molar-refractivity contribution in [3.05, 3.63) is 69.7 Å². The maximum Gasteiger partial charge on any atom is 0.471 e. The van der Waals surface area contributed by atoms with Crippen LogP contribution >= 0.6 is 11.6 Å². The van der Waals surface area contributed by atoms with Gasteiger partial charge in [0.2, 0.25) is 0 Å². The van der Waals surface area contributed by atoms with E-state index in [0.29, 0.717) is 27.6 Å². The smallest absolute Gasteiger partial charge is 0.338 e. The molecule has 224 valence electrons. The molecule has 0 bridgehead atoms. The molecule has 2 fully saturated rings. The van der Waals surface area contributed by atoms with Crippen LogP contribution in [0.2, 0.25) is 5.02 Å². The summed E-state index contributed by atoms with van der Waals surface area (Å²) in [4.78, 5) is 28.7. The second-order valence-electron chi connectivity index (χ2n) is 9.89. The van der Waals surface area contributed by atoms with E-state index in [1.807, 2.05) is 4.90 Å². The molecular weight excluding hydrogens is 593 g/mol. The number of hydrogen-bond donors (Lipinski definition) is 0. The maximum absolute atomic E-state index is 13.4. The van der Waals surface area contributed by atoms with E-state index in [0.717, 1.165) is 0 Å². The lowest BCUT2D eigenvalue weighted by Crippen LogP contribution is -2.58. The number of benzene rings is 2. The van der Waals surface area contributed by atoms with Crippen LogP contribution in [0.15, 0.2) is 42.5 Å². The highest BCUT2D eigenvalue weighted by Crippen LogP contribution is 2.38. The van der Waals surface area contributed by atoms with Gasteiger partial charge in [-0.3, -0.25) is 14.5 Å². The number of rotatable bonds is 3. The molecule has 5 nitrogen and oxygen atoms in total. The van der Waals surface area contributed by atoms with Crippen molar-refractivity contribution in [3.63, 3.8) is 0 Å². The minimum absolute atomic E-state index is 0.0210.